The number of aromatic nitrogens is 1. The molecule has 1 aromatic heterocycles. The maximum absolute atomic E-state index is 12.5. The van der Waals surface area contributed by atoms with E-state index in [1.54, 1.807) is 6.07 Å². The van der Waals surface area contributed by atoms with Crippen molar-refractivity contribution >= 4 is 10.9 Å². The second kappa shape index (κ2) is 4.81. The van der Waals surface area contributed by atoms with Crippen LogP contribution in [0.3, 0.4) is 0 Å². The summed E-state index contributed by atoms with van der Waals surface area (Å²) in [6.07, 6.45) is -4.34. The molecule has 18 heavy (non-hydrogen) atoms. The average molecular weight is 256 g/mol. The van der Waals surface area contributed by atoms with Crippen LogP contribution >= 0.6 is 0 Å². The number of nitrogens with two attached hydrogens (primary N) is 1. The number of ether oxygens (including phenoxy) is 1. The first-order valence-electron chi connectivity index (χ1n) is 5.31. The van der Waals surface area contributed by atoms with E-state index in [0.717, 1.165) is 12.1 Å². The molecule has 6 heteroatoms. The average Bonchev–Trinajstić information content (AvgIpc) is 2.34. The summed E-state index contributed by atoms with van der Waals surface area (Å²) in [7, 11) is 0. The molecule has 96 valence electrons. The number of pyridine rings is 1. The second-order valence-electron chi connectivity index (χ2n) is 3.69. The molecule has 0 spiro atoms. The molecule has 0 amide bonds. The standard InChI is InChI=1S/C12H11F3N2O/c13-12(14,15)9-2-3-10-8(7-9)1-4-11(17-10)18-6-5-16/h1-4,7H,5-6,16H2. The molecule has 0 saturated heterocycles. The summed E-state index contributed by atoms with van der Waals surface area (Å²) in [5.74, 6) is 0.354. The van der Waals surface area contributed by atoms with Gasteiger partial charge in [-0.15, -0.1) is 0 Å². The monoisotopic (exact) mass is 256 g/mol. The fourth-order valence-corrected chi connectivity index (χ4v) is 1.53. The van der Waals surface area contributed by atoms with Crippen LogP contribution < -0.4 is 10.5 Å². The lowest BCUT2D eigenvalue weighted by Gasteiger charge is -2.08. The molecule has 0 aliphatic rings. The summed E-state index contributed by atoms with van der Waals surface area (Å²) in [6, 6.07) is 6.46. The van der Waals surface area contributed by atoms with Gasteiger partial charge in [0.25, 0.3) is 0 Å². The van der Waals surface area contributed by atoms with Crippen molar-refractivity contribution in [2.45, 2.75) is 6.18 Å². The van der Waals surface area contributed by atoms with Gasteiger partial charge < -0.3 is 10.5 Å². The Balaban J connectivity index is 2.36. The number of rotatable bonds is 3. The van der Waals surface area contributed by atoms with Crippen molar-refractivity contribution in [1.82, 2.24) is 4.98 Å². The van der Waals surface area contributed by atoms with Crippen molar-refractivity contribution < 1.29 is 17.9 Å². The Labute approximate surface area is 101 Å². The summed E-state index contributed by atoms with van der Waals surface area (Å²) in [5.41, 5.74) is 5.05. The van der Waals surface area contributed by atoms with E-state index in [1.807, 2.05) is 0 Å². The Hall–Kier alpha value is -1.82. The van der Waals surface area contributed by atoms with Crippen molar-refractivity contribution in [2.24, 2.45) is 5.73 Å². The molecular weight excluding hydrogens is 245 g/mol. The van der Waals surface area contributed by atoms with Gasteiger partial charge >= 0.3 is 6.18 Å². The van der Waals surface area contributed by atoms with Gasteiger partial charge in [-0.3, -0.25) is 0 Å². The first-order chi connectivity index (χ1) is 8.50. The van der Waals surface area contributed by atoms with Gasteiger partial charge in [0.2, 0.25) is 5.88 Å². The largest absolute Gasteiger partial charge is 0.476 e. The van der Waals surface area contributed by atoms with Crippen molar-refractivity contribution in [3.8, 4) is 5.88 Å². The predicted molar refractivity (Wildman–Crippen MR) is 61.3 cm³/mol. The summed E-state index contributed by atoms with van der Waals surface area (Å²) in [4.78, 5) is 4.09. The molecule has 0 aliphatic heterocycles. The normalized spacial score (nSPS) is 11.8. The van der Waals surface area contributed by atoms with Crippen molar-refractivity contribution in [2.75, 3.05) is 13.2 Å². The number of alkyl halides is 3. The van der Waals surface area contributed by atoms with E-state index in [-0.39, 0.29) is 0 Å². The van der Waals surface area contributed by atoms with Crippen LogP contribution in [0.5, 0.6) is 5.88 Å². The van der Waals surface area contributed by atoms with Gasteiger partial charge in [0, 0.05) is 18.0 Å². The van der Waals surface area contributed by atoms with Crippen molar-refractivity contribution in [1.29, 1.82) is 0 Å². The van der Waals surface area contributed by atoms with Crippen LogP contribution in [0.2, 0.25) is 0 Å². The van der Waals surface area contributed by atoms with Crippen LogP contribution in [0, 0.1) is 0 Å². The molecular formula is C12H11F3N2O. The molecule has 0 unspecified atom stereocenters. The van der Waals surface area contributed by atoms with Crippen LogP contribution in [0.1, 0.15) is 5.56 Å². The van der Waals surface area contributed by atoms with Gasteiger partial charge in [-0.05, 0) is 24.3 Å². The Kier molecular flexibility index (Phi) is 3.38. The third-order valence-corrected chi connectivity index (χ3v) is 2.36. The molecule has 3 nitrogen and oxygen atoms in total. The molecule has 2 rings (SSSR count). The molecule has 0 fully saturated rings. The van der Waals surface area contributed by atoms with Gasteiger partial charge in [-0.2, -0.15) is 13.2 Å². The van der Waals surface area contributed by atoms with Gasteiger partial charge in [-0.1, -0.05) is 0 Å². The number of halogens is 3. The van der Waals surface area contributed by atoms with Gasteiger partial charge in [0.05, 0.1) is 11.1 Å². The van der Waals surface area contributed by atoms with Gasteiger partial charge in [-0.25, -0.2) is 4.98 Å². The first-order valence-corrected chi connectivity index (χ1v) is 5.31. The highest BCUT2D eigenvalue weighted by Crippen LogP contribution is 2.31. The molecule has 0 radical (unpaired) electrons. The summed E-state index contributed by atoms with van der Waals surface area (Å²) in [5, 5.41) is 0.421. The van der Waals surface area contributed by atoms with Crippen LogP contribution in [-0.4, -0.2) is 18.1 Å². The summed E-state index contributed by atoms with van der Waals surface area (Å²) >= 11 is 0. The minimum Gasteiger partial charge on any atom is -0.476 e. The fourth-order valence-electron chi connectivity index (χ4n) is 1.53. The van der Waals surface area contributed by atoms with Crippen LogP contribution in [0.4, 0.5) is 13.2 Å². The van der Waals surface area contributed by atoms with E-state index < -0.39 is 11.7 Å². The predicted octanol–water partition coefficient (Wildman–Crippen LogP) is 2.59. The number of nitrogens with zero attached hydrogens (tertiary/aromatic N) is 1. The topological polar surface area (TPSA) is 48.1 Å². The minimum absolute atomic E-state index is 0.319. The number of hydrogen-bond donors (Lipinski definition) is 1. The van der Waals surface area contributed by atoms with E-state index in [4.69, 9.17) is 10.5 Å². The highest BCUT2D eigenvalue weighted by atomic mass is 19.4. The van der Waals surface area contributed by atoms with E-state index in [1.165, 1.54) is 12.1 Å². The van der Waals surface area contributed by atoms with Crippen molar-refractivity contribution in [3.05, 3.63) is 35.9 Å². The third kappa shape index (κ3) is 2.70. The van der Waals surface area contributed by atoms with E-state index in [0.29, 0.717) is 29.9 Å². The zero-order valence-corrected chi connectivity index (χ0v) is 9.37. The first kappa shape index (κ1) is 12.6. The summed E-state index contributed by atoms with van der Waals surface area (Å²) < 4.78 is 42.7. The van der Waals surface area contributed by atoms with Crippen LogP contribution in [0.15, 0.2) is 30.3 Å². The minimum atomic E-state index is -4.34. The lowest BCUT2D eigenvalue weighted by molar-refractivity contribution is -0.137. The highest BCUT2D eigenvalue weighted by molar-refractivity contribution is 5.79. The Morgan fingerprint density at radius 2 is 1.94 bits per heavy atom. The number of fused-ring (bicyclic) bond motifs is 1. The SMILES string of the molecule is NCCOc1ccc2cc(C(F)(F)F)ccc2n1. The maximum Gasteiger partial charge on any atom is 0.416 e. The second-order valence-corrected chi connectivity index (χ2v) is 3.69. The molecule has 2 N–H and O–H groups in total. The van der Waals surface area contributed by atoms with Gasteiger partial charge in [0.1, 0.15) is 6.61 Å². The molecule has 2 aromatic rings. The zero-order chi connectivity index (χ0) is 13.2. The fraction of sp³-hybridized carbons (Fsp3) is 0.250. The molecule has 0 bridgehead atoms. The van der Waals surface area contributed by atoms with E-state index >= 15 is 0 Å². The molecule has 0 aliphatic carbocycles. The zero-order valence-electron chi connectivity index (χ0n) is 9.37. The van der Waals surface area contributed by atoms with Crippen molar-refractivity contribution in [3.63, 3.8) is 0 Å². The molecule has 0 atom stereocenters. The quantitative estimate of drug-likeness (QED) is 0.918. The number of hydrogen-bond acceptors (Lipinski definition) is 3. The summed E-state index contributed by atoms with van der Waals surface area (Å²) in [6.45, 7) is 0.672. The lowest BCUT2D eigenvalue weighted by Crippen LogP contribution is -2.11. The van der Waals surface area contributed by atoms with Crippen LogP contribution in [0.25, 0.3) is 10.9 Å². The maximum atomic E-state index is 12.5. The lowest BCUT2D eigenvalue weighted by atomic mass is 10.1. The smallest absolute Gasteiger partial charge is 0.416 e. The Morgan fingerprint density at radius 3 is 2.61 bits per heavy atom. The third-order valence-electron chi connectivity index (χ3n) is 2.36. The molecule has 0 saturated carbocycles. The van der Waals surface area contributed by atoms with E-state index in [2.05, 4.69) is 4.98 Å². The Morgan fingerprint density at radius 1 is 1.17 bits per heavy atom. The van der Waals surface area contributed by atoms with Gasteiger partial charge in [0.15, 0.2) is 0 Å². The highest BCUT2D eigenvalue weighted by Gasteiger charge is 2.30. The molecule has 1 aromatic carbocycles. The Bertz CT molecular complexity index is 555. The molecule has 1 heterocycles. The number of benzene rings is 1. The van der Waals surface area contributed by atoms with E-state index in [9.17, 15) is 13.2 Å². The van der Waals surface area contributed by atoms with Crippen LogP contribution in [-0.2, 0) is 6.18 Å².